The highest BCUT2D eigenvalue weighted by Gasteiger charge is 2.41. The third kappa shape index (κ3) is 1.63. The molecule has 0 aromatic heterocycles. The Morgan fingerprint density at radius 1 is 1.62 bits per heavy atom. The van der Waals surface area contributed by atoms with Gasteiger partial charge < -0.3 is 15.0 Å². The molecule has 0 amide bonds. The van der Waals surface area contributed by atoms with Crippen LogP contribution in [0.5, 0.6) is 0 Å². The number of nitrogens with one attached hydrogen (secondary N) is 1. The fraction of sp³-hybridized carbons (Fsp3) is 0.889. The van der Waals surface area contributed by atoms with Gasteiger partial charge in [-0.25, -0.2) is 0 Å². The molecule has 1 saturated heterocycles. The molecule has 2 heterocycles. The van der Waals surface area contributed by atoms with E-state index in [0.29, 0.717) is 0 Å². The Bertz CT molecular complexity index is 221. The van der Waals surface area contributed by atoms with Gasteiger partial charge in [-0.1, -0.05) is 0 Å². The van der Waals surface area contributed by atoms with Crippen molar-refractivity contribution in [1.82, 2.24) is 10.2 Å². The van der Waals surface area contributed by atoms with Crippen LogP contribution in [0, 0.1) is 0 Å². The van der Waals surface area contributed by atoms with E-state index >= 15 is 0 Å². The molecule has 4 nitrogen and oxygen atoms in total. The van der Waals surface area contributed by atoms with Gasteiger partial charge in [0.2, 0.25) is 0 Å². The van der Waals surface area contributed by atoms with Gasteiger partial charge in [-0.3, -0.25) is 4.99 Å². The Kier molecular flexibility index (Phi) is 2.15. The highest BCUT2D eigenvalue weighted by Crippen LogP contribution is 2.24. The largest absolute Gasteiger partial charge is 0.372 e. The van der Waals surface area contributed by atoms with Gasteiger partial charge in [0.15, 0.2) is 5.96 Å². The summed E-state index contributed by atoms with van der Waals surface area (Å²) >= 11 is 0. The standard InChI is InChI=1S/C9H17N3O/c1-3-13-9(2)6-12(7-9)8-10-4-5-11-8/h3-7H2,1-2H3,(H,10,11). The van der Waals surface area contributed by atoms with E-state index in [0.717, 1.165) is 38.7 Å². The van der Waals surface area contributed by atoms with Crippen molar-refractivity contribution in [1.29, 1.82) is 0 Å². The summed E-state index contributed by atoms with van der Waals surface area (Å²) < 4.78 is 5.63. The van der Waals surface area contributed by atoms with E-state index in [2.05, 4.69) is 22.1 Å². The van der Waals surface area contributed by atoms with Crippen LogP contribution in [0.3, 0.4) is 0 Å². The summed E-state index contributed by atoms with van der Waals surface area (Å²) in [5.41, 5.74) is 0.0571. The van der Waals surface area contributed by atoms with Crippen LogP contribution in [0.15, 0.2) is 4.99 Å². The van der Waals surface area contributed by atoms with Crippen LogP contribution in [0.25, 0.3) is 0 Å². The first-order chi connectivity index (χ1) is 6.23. The minimum Gasteiger partial charge on any atom is -0.372 e. The molecule has 1 fully saturated rings. The number of hydrogen-bond donors (Lipinski definition) is 1. The Morgan fingerprint density at radius 3 is 2.92 bits per heavy atom. The van der Waals surface area contributed by atoms with Crippen molar-refractivity contribution in [3.8, 4) is 0 Å². The third-order valence-corrected chi connectivity index (χ3v) is 2.50. The number of aliphatic imine (C=N–C) groups is 1. The zero-order chi connectivity index (χ0) is 9.31. The molecule has 0 bridgehead atoms. The molecule has 2 aliphatic rings. The van der Waals surface area contributed by atoms with Crippen molar-refractivity contribution in [2.75, 3.05) is 32.8 Å². The molecule has 0 spiro atoms. The van der Waals surface area contributed by atoms with Gasteiger partial charge in [-0.15, -0.1) is 0 Å². The van der Waals surface area contributed by atoms with Crippen LogP contribution >= 0.6 is 0 Å². The molecule has 0 unspecified atom stereocenters. The van der Waals surface area contributed by atoms with Gasteiger partial charge in [0, 0.05) is 13.2 Å². The van der Waals surface area contributed by atoms with E-state index in [9.17, 15) is 0 Å². The molecule has 2 rings (SSSR count). The van der Waals surface area contributed by atoms with E-state index < -0.39 is 0 Å². The van der Waals surface area contributed by atoms with Crippen molar-refractivity contribution in [3.63, 3.8) is 0 Å². The number of nitrogens with zero attached hydrogens (tertiary/aromatic N) is 2. The Balaban J connectivity index is 1.83. The SMILES string of the molecule is CCOC1(C)CN(C2=NCCN2)C1. The van der Waals surface area contributed by atoms with Crippen molar-refractivity contribution >= 4 is 5.96 Å². The average Bonchev–Trinajstić information content (AvgIpc) is 2.52. The molecule has 0 radical (unpaired) electrons. The van der Waals surface area contributed by atoms with E-state index in [1.165, 1.54) is 0 Å². The Labute approximate surface area is 79.0 Å². The lowest BCUT2D eigenvalue weighted by atomic mass is 9.97. The Morgan fingerprint density at radius 2 is 2.38 bits per heavy atom. The van der Waals surface area contributed by atoms with Gasteiger partial charge in [-0.2, -0.15) is 0 Å². The van der Waals surface area contributed by atoms with Crippen LogP contribution in [0.1, 0.15) is 13.8 Å². The second-order valence-corrected chi connectivity index (χ2v) is 3.87. The van der Waals surface area contributed by atoms with Gasteiger partial charge in [0.1, 0.15) is 5.60 Å². The van der Waals surface area contributed by atoms with Crippen LogP contribution in [0.4, 0.5) is 0 Å². The van der Waals surface area contributed by atoms with Gasteiger partial charge in [-0.05, 0) is 13.8 Å². The summed E-state index contributed by atoms with van der Waals surface area (Å²) in [5.74, 6) is 1.05. The first-order valence-corrected chi connectivity index (χ1v) is 4.91. The molecule has 0 aromatic rings. The van der Waals surface area contributed by atoms with Crippen LogP contribution in [-0.2, 0) is 4.74 Å². The summed E-state index contributed by atoms with van der Waals surface area (Å²) in [7, 11) is 0. The maximum atomic E-state index is 5.63. The molecule has 1 N–H and O–H groups in total. The molecule has 4 heteroatoms. The number of guanidine groups is 1. The summed E-state index contributed by atoms with van der Waals surface area (Å²) in [6.07, 6.45) is 0. The van der Waals surface area contributed by atoms with Crippen molar-refractivity contribution in [3.05, 3.63) is 0 Å². The summed E-state index contributed by atoms with van der Waals surface area (Å²) in [6.45, 7) is 8.82. The highest BCUT2D eigenvalue weighted by molar-refractivity contribution is 5.82. The predicted molar refractivity (Wildman–Crippen MR) is 51.9 cm³/mol. The van der Waals surface area contributed by atoms with Crippen LogP contribution < -0.4 is 5.32 Å². The second kappa shape index (κ2) is 3.18. The zero-order valence-electron chi connectivity index (χ0n) is 8.34. The molecular weight excluding hydrogens is 166 g/mol. The van der Waals surface area contributed by atoms with Crippen LogP contribution in [-0.4, -0.2) is 49.2 Å². The van der Waals surface area contributed by atoms with Crippen molar-refractivity contribution in [2.24, 2.45) is 4.99 Å². The van der Waals surface area contributed by atoms with Gasteiger partial charge >= 0.3 is 0 Å². The monoisotopic (exact) mass is 183 g/mol. The first kappa shape index (κ1) is 8.81. The third-order valence-electron chi connectivity index (χ3n) is 2.50. The van der Waals surface area contributed by atoms with E-state index in [-0.39, 0.29) is 5.60 Å². The lowest BCUT2D eigenvalue weighted by Crippen LogP contribution is -2.64. The summed E-state index contributed by atoms with van der Waals surface area (Å²) in [4.78, 5) is 6.60. The molecule has 0 aromatic carbocycles. The van der Waals surface area contributed by atoms with Gasteiger partial charge in [0.05, 0.1) is 19.6 Å². The minimum absolute atomic E-state index is 0.0571. The minimum atomic E-state index is 0.0571. The topological polar surface area (TPSA) is 36.9 Å². The normalized spacial score (nSPS) is 25.1. The fourth-order valence-corrected chi connectivity index (χ4v) is 1.95. The summed E-state index contributed by atoms with van der Waals surface area (Å²) in [6, 6.07) is 0. The average molecular weight is 183 g/mol. The molecular formula is C9H17N3O. The van der Waals surface area contributed by atoms with Crippen molar-refractivity contribution < 1.29 is 4.74 Å². The maximum Gasteiger partial charge on any atom is 0.194 e. The number of ether oxygens (including phenoxy) is 1. The van der Waals surface area contributed by atoms with Crippen molar-refractivity contribution in [2.45, 2.75) is 19.4 Å². The quantitative estimate of drug-likeness (QED) is 0.657. The fourth-order valence-electron chi connectivity index (χ4n) is 1.95. The molecule has 0 saturated carbocycles. The van der Waals surface area contributed by atoms with Gasteiger partial charge in [0.25, 0.3) is 0 Å². The smallest absolute Gasteiger partial charge is 0.194 e. The molecule has 2 aliphatic heterocycles. The summed E-state index contributed by atoms with van der Waals surface area (Å²) in [5, 5.41) is 3.26. The first-order valence-electron chi connectivity index (χ1n) is 4.91. The molecule has 74 valence electrons. The maximum absolute atomic E-state index is 5.63. The highest BCUT2D eigenvalue weighted by atomic mass is 16.5. The zero-order valence-corrected chi connectivity index (χ0v) is 8.34. The number of likely N-dealkylation sites (tertiary alicyclic amines) is 1. The van der Waals surface area contributed by atoms with E-state index in [1.807, 2.05) is 6.92 Å². The lowest BCUT2D eigenvalue weighted by Gasteiger charge is -2.48. The van der Waals surface area contributed by atoms with E-state index in [1.54, 1.807) is 0 Å². The second-order valence-electron chi connectivity index (χ2n) is 3.87. The molecule has 0 atom stereocenters. The predicted octanol–water partition coefficient (Wildman–Crippen LogP) is 0.0564. The molecule has 13 heavy (non-hydrogen) atoms. The van der Waals surface area contributed by atoms with E-state index in [4.69, 9.17) is 4.74 Å². The Hall–Kier alpha value is -0.770. The molecule has 0 aliphatic carbocycles. The lowest BCUT2D eigenvalue weighted by molar-refractivity contribution is -0.104. The van der Waals surface area contributed by atoms with Crippen LogP contribution in [0.2, 0.25) is 0 Å². The number of hydrogen-bond acceptors (Lipinski definition) is 4. The number of rotatable bonds is 2.